The van der Waals surface area contributed by atoms with Crippen molar-refractivity contribution in [1.82, 2.24) is 9.97 Å². The molecule has 5 nitrogen and oxygen atoms in total. The van der Waals surface area contributed by atoms with Crippen molar-refractivity contribution in [2.75, 3.05) is 11.4 Å². The highest BCUT2D eigenvalue weighted by molar-refractivity contribution is 6.05. The zero-order chi connectivity index (χ0) is 18.1. The summed E-state index contributed by atoms with van der Waals surface area (Å²) < 4.78 is 6.07. The molecule has 2 heterocycles. The Morgan fingerprint density at radius 2 is 1.73 bits per heavy atom. The van der Waals surface area contributed by atoms with E-state index >= 15 is 0 Å². The standard InChI is InChI=1S/C21H21N3O2/c1-21(2,25)13-24(12-15-8-4-3-5-9-15)20-19-18(22-14-23-20)16-10-6-7-11-17(16)26-19/h3-11,14,25H,12-13H2,1-2H3. The summed E-state index contributed by atoms with van der Waals surface area (Å²) in [4.78, 5) is 11.0. The van der Waals surface area contributed by atoms with Gasteiger partial charge in [0.05, 0.1) is 5.60 Å². The molecule has 0 aliphatic rings. The molecule has 0 aliphatic heterocycles. The molecule has 0 unspecified atom stereocenters. The lowest BCUT2D eigenvalue weighted by Gasteiger charge is -2.30. The summed E-state index contributed by atoms with van der Waals surface area (Å²) in [5.74, 6) is 0.692. The van der Waals surface area contributed by atoms with E-state index in [9.17, 15) is 5.11 Å². The minimum absolute atomic E-state index is 0.422. The van der Waals surface area contributed by atoms with Gasteiger partial charge in [0.2, 0.25) is 0 Å². The minimum atomic E-state index is -0.877. The van der Waals surface area contributed by atoms with Crippen LogP contribution in [0.2, 0.25) is 0 Å². The molecule has 0 bridgehead atoms. The lowest BCUT2D eigenvalue weighted by atomic mass is 10.1. The summed E-state index contributed by atoms with van der Waals surface area (Å²) in [6.07, 6.45) is 1.56. The van der Waals surface area contributed by atoms with E-state index in [-0.39, 0.29) is 0 Å². The van der Waals surface area contributed by atoms with Gasteiger partial charge in [-0.1, -0.05) is 42.5 Å². The third kappa shape index (κ3) is 3.26. The van der Waals surface area contributed by atoms with Crippen LogP contribution in [0, 0.1) is 0 Å². The summed E-state index contributed by atoms with van der Waals surface area (Å²) in [7, 11) is 0. The van der Waals surface area contributed by atoms with Crippen molar-refractivity contribution in [3.8, 4) is 0 Å². The Morgan fingerprint density at radius 1 is 1.00 bits per heavy atom. The average molecular weight is 347 g/mol. The maximum atomic E-state index is 10.4. The van der Waals surface area contributed by atoms with Crippen LogP contribution in [0.3, 0.4) is 0 Å². The van der Waals surface area contributed by atoms with Gasteiger partial charge in [0, 0.05) is 18.5 Å². The van der Waals surface area contributed by atoms with Crippen molar-refractivity contribution >= 4 is 27.9 Å². The van der Waals surface area contributed by atoms with Crippen LogP contribution in [0.4, 0.5) is 5.82 Å². The molecule has 4 aromatic rings. The molecule has 0 saturated heterocycles. The fourth-order valence-electron chi connectivity index (χ4n) is 3.21. The molecule has 4 rings (SSSR count). The lowest BCUT2D eigenvalue weighted by Crippen LogP contribution is -2.38. The van der Waals surface area contributed by atoms with Gasteiger partial charge >= 0.3 is 0 Å². The number of benzene rings is 2. The Hall–Kier alpha value is -2.92. The Balaban J connectivity index is 1.84. The third-order valence-corrected chi connectivity index (χ3v) is 4.23. The van der Waals surface area contributed by atoms with Crippen LogP contribution in [-0.4, -0.2) is 27.2 Å². The number of para-hydroxylation sites is 1. The van der Waals surface area contributed by atoms with E-state index in [1.165, 1.54) is 0 Å². The van der Waals surface area contributed by atoms with Crippen molar-refractivity contribution in [1.29, 1.82) is 0 Å². The first-order chi connectivity index (χ1) is 12.5. The maximum Gasteiger partial charge on any atom is 0.196 e. The topological polar surface area (TPSA) is 62.4 Å². The van der Waals surface area contributed by atoms with Crippen molar-refractivity contribution in [3.63, 3.8) is 0 Å². The van der Waals surface area contributed by atoms with E-state index in [1.54, 1.807) is 20.2 Å². The highest BCUT2D eigenvalue weighted by Gasteiger charge is 2.24. The molecule has 2 aromatic carbocycles. The van der Waals surface area contributed by atoms with Gasteiger partial charge in [0.25, 0.3) is 0 Å². The second kappa shape index (κ2) is 6.42. The number of hydrogen-bond donors (Lipinski definition) is 1. The number of aliphatic hydroxyl groups is 1. The van der Waals surface area contributed by atoms with Gasteiger partial charge in [-0.15, -0.1) is 0 Å². The number of furan rings is 1. The molecular formula is C21H21N3O2. The molecule has 0 fully saturated rings. The summed E-state index contributed by atoms with van der Waals surface area (Å²) in [5, 5.41) is 11.4. The molecule has 0 radical (unpaired) electrons. The van der Waals surface area contributed by atoms with E-state index in [0.717, 1.165) is 22.0 Å². The zero-order valence-electron chi connectivity index (χ0n) is 14.9. The average Bonchev–Trinajstić information content (AvgIpc) is 2.99. The molecule has 0 spiro atoms. The SMILES string of the molecule is CC(C)(O)CN(Cc1ccccc1)c1ncnc2c1oc1ccccc12. The molecule has 5 heteroatoms. The van der Waals surface area contributed by atoms with Crippen molar-refractivity contribution in [3.05, 3.63) is 66.5 Å². The molecule has 2 aromatic heterocycles. The van der Waals surface area contributed by atoms with Crippen LogP contribution in [0.25, 0.3) is 22.1 Å². The normalized spacial score (nSPS) is 12.0. The Labute approximate surface area is 151 Å². The summed E-state index contributed by atoms with van der Waals surface area (Å²) in [5.41, 5.74) is 2.48. The summed E-state index contributed by atoms with van der Waals surface area (Å²) in [6, 6.07) is 18.0. The van der Waals surface area contributed by atoms with Gasteiger partial charge < -0.3 is 14.4 Å². The molecular weight excluding hydrogens is 326 g/mol. The molecule has 0 atom stereocenters. The monoisotopic (exact) mass is 347 g/mol. The zero-order valence-corrected chi connectivity index (χ0v) is 14.9. The van der Waals surface area contributed by atoms with Crippen molar-refractivity contribution in [2.45, 2.75) is 26.0 Å². The highest BCUT2D eigenvalue weighted by Crippen LogP contribution is 2.33. The van der Waals surface area contributed by atoms with Gasteiger partial charge in [0.15, 0.2) is 11.4 Å². The molecule has 1 N–H and O–H groups in total. The molecule has 26 heavy (non-hydrogen) atoms. The number of anilines is 1. The number of nitrogens with zero attached hydrogens (tertiary/aromatic N) is 3. The highest BCUT2D eigenvalue weighted by atomic mass is 16.3. The van der Waals surface area contributed by atoms with Gasteiger partial charge in [-0.05, 0) is 31.5 Å². The van der Waals surface area contributed by atoms with Crippen LogP contribution in [0.1, 0.15) is 19.4 Å². The molecule has 0 aliphatic carbocycles. The fourth-order valence-corrected chi connectivity index (χ4v) is 3.21. The van der Waals surface area contributed by atoms with E-state index < -0.39 is 5.60 Å². The number of rotatable bonds is 5. The number of fused-ring (bicyclic) bond motifs is 3. The second-order valence-electron chi connectivity index (χ2n) is 7.13. The maximum absolute atomic E-state index is 10.4. The summed E-state index contributed by atoms with van der Waals surface area (Å²) in [6.45, 7) is 4.63. The largest absolute Gasteiger partial charge is 0.450 e. The van der Waals surface area contributed by atoms with Gasteiger partial charge in [-0.2, -0.15) is 0 Å². The number of aromatic nitrogens is 2. The first-order valence-electron chi connectivity index (χ1n) is 8.65. The number of hydrogen-bond acceptors (Lipinski definition) is 5. The predicted octanol–water partition coefficient (Wildman–Crippen LogP) is 4.15. The first kappa shape index (κ1) is 16.5. The summed E-state index contributed by atoms with van der Waals surface area (Å²) >= 11 is 0. The van der Waals surface area contributed by atoms with Crippen LogP contribution in [0.5, 0.6) is 0 Å². The third-order valence-electron chi connectivity index (χ3n) is 4.23. The fraction of sp³-hybridized carbons (Fsp3) is 0.238. The van der Waals surface area contributed by atoms with Crippen LogP contribution < -0.4 is 4.90 Å². The van der Waals surface area contributed by atoms with Crippen LogP contribution >= 0.6 is 0 Å². The predicted molar refractivity (Wildman–Crippen MR) is 103 cm³/mol. The van der Waals surface area contributed by atoms with Crippen molar-refractivity contribution < 1.29 is 9.52 Å². The Morgan fingerprint density at radius 3 is 2.50 bits per heavy atom. The van der Waals surface area contributed by atoms with Gasteiger partial charge in [0.1, 0.15) is 17.4 Å². The lowest BCUT2D eigenvalue weighted by molar-refractivity contribution is 0.0868. The van der Waals surface area contributed by atoms with E-state index in [0.29, 0.717) is 24.5 Å². The first-order valence-corrected chi connectivity index (χ1v) is 8.65. The van der Waals surface area contributed by atoms with Crippen LogP contribution in [0.15, 0.2) is 65.3 Å². The quantitative estimate of drug-likeness (QED) is 0.587. The molecule has 0 saturated carbocycles. The van der Waals surface area contributed by atoms with E-state index in [1.807, 2.05) is 47.4 Å². The van der Waals surface area contributed by atoms with E-state index in [2.05, 4.69) is 22.1 Å². The smallest absolute Gasteiger partial charge is 0.196 e. The Bertz CT molecular complexity index is 1040. The Kier molecular flexibility index (Phi) is 4.09. The van der Waals surface area contributed by atoms with Gasteiger partial charge in [-0.25, -0.2) is 9.97 Å². The molecule has 0 amide bonds. The van der Waals surface area contributed by atoms with Crippen LogP contribution in [-0.2, 0) is 6.54 Å². The van der Waals surface area contributed by atoms with Crippen molar-refractivity contribution in [2.24, 2.45) is 0 Å². The minimum Gasteiger partial charge on any atom is -0.450 e. The molecule has 132 valence electrons. The van der Waals surface area contributed by atoms with E-state index in [4.69, 9.17) is 4.42 Å². The second-order valence-corrected chi connectivity index (χ2v) is 7.13. The van der Waals surface area contributed by atoms with Gasteiger partial charge in [-0.3, -0.25) is 0 Å².